The Morgan fingerprint density at radius 2 is 2.10 bits per heavy atom. The molecule has 0 atom stereocenters. The minimum atomic E-state index is -0.232. The Bertz CT molecular complexity index is 613. The molecule has 2 aromatic rings. The highest BCUT2D eigenvalue weighted by Gasteiger charge is 2.12. The normalized spacial score (nSPS) is 10.2. The first-order valence-corrected chi connectivity index (χ1v) is 6.63. The molecule has 0 aliphatic rings. The second kappa shape index (κ2) is 6.42. The molecule has 7 heteroatoms. The maximum Gasteiger partial charge on any atom is 0.270 e. The number of hydrogen-bond donors (Lipinski definition) is 2. The average molecular weight is 340 g/mol. The highest BCUT2D eigenvalue weighted by Crippen LogP contribution is 2.27. The quantitative estimate of drug-likeness (QED) is 0.874. The molecule has 0 unspecified atom stereocenters. The van der Waals surface area contributed by atoms with Crippen LogP contribution in [0, 0.1) is 0 Å². The minimum Gasteiger partial charge on any atom is -0.493 e. The lowest BCUT2D eigenvalue weighted by Crippen LogP contribution is -2.23. The molecular formula is C13H14BrN3O3. The summed E-state index contributed by atoms with van der Waals surface area (Å²) in [6.07, 6.45) is 1.53. The summed E-state index contributed by atoms with van der Waals surface area (Å²) in [6.45, 7) is 0.380. The molecular weight excluding hydrogens is 326 g/mol. The zero-order chi connectivity index (χ0) is 14.5. The number of hydrogen-bond acceptors (Lipinski definition) is 4. The van der Waals surface area contributed by atoms with E-state index >= 15 is 0 Å². The van der Waals surface area contributed by atoms with Crippen molar-refractivity contribution in [2.24, 2.45) is 0 Å². The van der Waals surface area contributed by atoms with E-state index in [9.17, 15) is 4.79 Å². The number of carbonyl (C=O) groups excluding carboxylic acids is 1. The molecule has 0 aliphatic carbocycles. The van der Waals surface area contributed by atoms with E-state index in [-0.39, 0.29) is 5.91 Å². The highest BCUT2D eigenvalue weighted by atomic mass is 79.9. The first-order valence-electron chi connectivity index (χ1n) is 5.83. The van der Waals surface area contributed by atoms with Crippen LogP contribution in [0.1, 0.15) is 16.1 Å². The summed E-state index contributed by atoms with van der Waals surface area (Å²) in [5, 5.41) is 9.20. The van der Waals surface area contributed by atoms with E-state index in [0.717, 1.165) is 5.56 Å². The minimum absolute atomic E-state index is 0.232. The number of carbonyl (C=O) groups is 1. The Morgan fingerprint density at radius 3 is 2.70 bits per heavy atom. The van der Waals surface area contributed by atoms with Crippen molar-refractivity contribution >= 4 is 21.8 Å². The standard InChI is InChI=1S/C13H14BrN3O3/c1-19-10-4-3-8(5-11(10)20-2)6-15-13(18)12-9(14)7-16-17-12/h3-5,7H,6H2,1-2H3,(H,15,18)(H,16,17). The number of ether oxygens (including phenoxy) is 2. The maximum absolute atomic E-state index is 11.9. The molecule has 1 aromatic carbocycles. The van der Waals surface area contributed by atoms with Crippen LogP contribution in [0.2, 0.25) is 0 Å². The van der Waals surface area contributed by atoms with Gasteiger partial charge in [0.15, 0.2) is 11.5 Å². The monoisotopic (exact) mass is 339 g/mol. The maximum atomic E-state index is 11.9. The van der Waals surface area contributed by atoms with Crippen LogP contribution in [0.3, 0.4) is 0 Å². The van der Waals surface area contributed by atoms with Gasteiger partial charge in [-0.25, -0.2) is 0 Å². The zero-order valence-corrected chi connectivity index (χ0v) is 12.7. The van der Waals surface area contributed by atoms with Crippen LogP contribution in [0.25, 0.3) is 0 Å². The molecule has 106 valence electrons. The van der Waals surface area contributed by atoms with Crippen LogP contribution in [0.4, 0.5) is 0 Å². The zero-order valence-electron chi connectivity index (χ0n) is 11.1. The molecule has 0 fully saturated rings. The molecule has 1 heterocycles. The molecule has 0 saturated heterocycles. The summed E-state index contributed by atoms with van der Waals surface area (Å²) in [5.41, 5.74) is 1.30. The van der Waals surface area contributed by atoms with Crippen LogP contribution in [-0.4, -0.2) is 30.3 Å². The predicted octanol–water partition coefficient (Wildman–Crippen LogP) is 2.12. The Balaban J connectivity index is 2.04. The van der Waals surface area contributed by atoms with Crippen LogP contribution in [-0.2, 0) is 6.54 Å². The molecule has 20 heavy (non-hydrogen) atoms. The van der Waals surface area contributed by atoms with E-state index < -0.39 is 0 Å². The molecule has 1 aromatic heterocycles. The van der Waals surface area contributed by atoms with Gasteiger partial charge >= 0.3 is 0 Å². The number of nitrogens with one attached hydrogen (secondary N) is 2. The average Bonchev–Trinajstić information content (AvgIpc) is 2.90. The Morgan fingerprint density at radius 1 is 1.35 bits per heavy atom. The van der Waals surface area contributed by atoms with Crippen LogP contribution in [0.15, 0.2) is 28.9 Å². The van der Waals surface area contributed by atoms with Gasteiger partial charge in [-0.05, 0) is 33.6 Å². The largest absolute Gasteiger partial charge is 0.493 e. The molecule has 0 spiro atoms. The second-order valence-corrected chi connectivity index (χ2v) is 4.82. The van der Waals surface area contributed by atoms with E-state index in [0.29, 0.717) is 28.2 Å². The molecule has 2 N–H and O–H groups in total. The van der Waals surface area contributed by atoms with Crippen LogP contribution >= 0.6 is 15.9 Å². The fourth-order valence-electron chi connectivity index (χ4n) is 1.69. The van der Waals surface area contributed by atoms with Crippen molar-refractivity contribution < 1.29 is 14.3 Å². The van der Waals surface area contributed by atoms with Crippen molar-refractivity contribution in [2.75, 3.05) is 14.2 Å². The number of aromatic nitrogens is 2. The van der Waals surface area contributed by atoms with Gasteiger partial charge in [0, 0.05) is 6.54 Å². The van der Waals surface area contributed by atoms with Gasteiger partial charge in [0.1, 0.15) is 5.69 Å². The first-order chi connectivity index (χ1) is 9.65. The number of methoxy groups -OCH3 is 2. The summed E-state index contributed by atoms with van der Waals surface area (Å²) >= 11 is 3.24. The lowest BCUT2D eigenvalue weighted by atomic mass is 10.2. The smallest absolute Gasteiger partial charge is 0.270 e. The first kappa shape index (κ1) is 14.4. The van der Waals surface area contributed by atoms with Crippen molar-refractivity contribution in [1.82, 2.24) is 15.5 Å². The Labute approximate surface area is 124 Å². The van der Waals surface area contributed by atoms with Gasteiger partial charge in [0.05, 0.1) is 24.9 Å². The molecule has 0 radical (unpaired) electrons. The summed E-state index contributed by atoms with van der Waals surface area (Å²) in [5.74, 6) is 1.05. The number of H-pyrrole nitrogens is 1. The molecule has 0 aliphatic heterocycles. The van der Waals surface area contributed by atoms with E-state index in [2.05, 4.69) is 31.4 Å². The summed E-state index contributed by atoms with van der Waals surface area (Å²) < 4.78 is 11.0. The lowest BCUT2D eigenvalue weighted by molar-refractivity contribution is 0.0945. The van der Waals surface area contributed by atoms with Crippen molar-refractivity contribution in [1.29, 1.82) is 0 Å². The number of rotatable bonds is 5. The highest BCUT2D eigenvalue weighted by molar-refractivity contribution is 9.10. The fourth-order valence-corrected chi connectivity index (χ4v) is 2.06. The van der Waals surface area contributed by atoms with E-state index in [1.165, 1.54) is 6.20 Å². The number of amides is 1. The SMILES string of the molecule is COc1ccc(CNC(=O)c2[nH]ncc2Br)cc1OC. The third-order valence-electron chi connectivity index (χ3n) is 2.72. The fraction of sp³-hybridized carbons (Fsp3) is 0.231. The molecule has 0 saturated carbocycles. The third-order valence-corrected chi connectivity index (χ3v) is 3.32. The van der Waals surface area contributed by atoms with Gasteiger partial charge < -0.3 is 14.8 Å². The predicted molar refractivity (Wildman–Crippen MR) is 77.0 cm³/mol. The second-order valence-electron chi connectivity index (χ2n) is 3.96. The van der Waals surface area contributed by atoms with Gasteiger partial charge in [-0.2, -0.15) is 5.10 Å². The third kappa shape index (κ3) is 3.11. The van der Waals surface area contributed by atoms with Crippen molar-refractivity contribution in [2.45, 2.75) is 6.54 Å². The number of halogens is 1. The number of nitrogens with zero attached hydrogens (tertiary/aromatic N) is 1. The molecule has 1 amide bonds. The Kier molecular flexibility index (Phi) is 4.62. The van der Waals surface area contributed by atoms with E-state index in [1.54, 1.807) is 20.3 Å². The molecule has 0 bridgehead atoms. The van der Waals surface area contributed by atoms with Crippen LogP contribution < -0.4 is 14.8 Å². The van der Waals surface area contributed by atoms with Crippen molar-refractivity contribution in [3.63, 3.8) is 0 Å². The van der Waals surface area contributed by atoms with Crippen LogP contribution in [0.5, 0.6) is 11.5 Å². The summed E-state index contributed by atoms with van der Waals surface area (Å²) in [7, 11) is 3.15. The van der Waals surface area contributed by atoms with Crippen molar-refractivity contribution in [3.8, 4) is 11.5 Å². The Hall–Kier alpha value is -2.02. The van der Waals surface area contributed by atoms with E-state index in [1.807, 2.05) is 12.1 Å². The number of aromatic amines is 1. The van der Waals surface area contributed by atoms with Gasteiger partial charge in [-0.15, -0.1) is 0 Å². The topological polar surface area (TPSA) is 76.2 Å². The van der Waals surface area contributed by atoms with Crippen molar-refractivity contribution in [3.05, 3.63) is 40.1 Å². The summed E-state index contributed by atoms with van der Waals surface area (Å²) in [4.78, 5) is 11.9. The van der Waals surface area contributed by atoms with Gasteiger partial charge in [0.2, 0.25) is 0 Å². The van der Waals surface area contributed by atoms with Gasteiger partial charge in [0.25, 0.3) is 5.91 Å². The number of benzene rings is 1. The van der Waals surface area contributed by atoms with E-state index in [4.69, 9.17) is 9.47 Å². The molecule has 6 nitrogen and oxygen atoms in total. The molecule has 2 rings (SSSR count). The lowest BCUT2D eigenvalue weighted by Gasteiger charge is -2.10. The van der Waals surface area contributed by atoms with Gasteiger partial charge in [-0.3, -0.25) is 9.89 Å². The van der Waals surface area contributed by atoms with Gasteiger partial charge in [-0.1, -0.05) is 6.07 Å². The summed E-state index contributed by atoms with van der Waals surface area (Å²) in [6, 6.07) is 5.48.